The molecule has 2 unspecified atom stereocenters. The molecule has 4 aromatic rings. The molecule has 5 rings (SSSR count). The quantitative estimate of drug-likeness (QED) is 0.360. The Bertz CT molecular complexity index is 1350. The zero-order valence-electron chi connectivity index (χ0n) is 21.3. The van der Waals surface area contributed by atoms with Gasteiger partial charge in [-0.25, -0.2) is 14.5 Å². The van der Waals surface area contributed by atoms with Crippen molar-refractivity contribution in [3.63, 3.8) is 0 Å². The summed E-state index contributed by atoms with van der Waals surface area (Å²) >= 11 is 1.65. The number of thiophene rings is 1. The minimum atomic E-state index is -0.0872. The molecule has 8 nitrogen and oxygen atoms in total. The van der Waals surface area contributed by atoms with Crippen molar-refractivity contribution in [2.75, 3.05) is 31.1 Å². The molecule has 0 aromatic carbocycles. The fourth-order valence-corrected chi connectivity index (χ4v) is 5.41. The van der Waals surface area contributed by atoms with Crippen LogP contribution in [0.25, 0.3) is 27.5 Å². The van der Waals surface area contributed by atoms with Crippen molar-refractivity contribution >= 4 is 28.7 Å². The minimum absolute atomic E-state index is 0.0872. The zero-order valence-corrected chi connectivity index (χ0v) is 22.1. The van der Waals surface area contributed by atoms with Gasteiger partial charge in [0.05, 0.1) is 28.0 Å². The predicted molar refractivity (Wildman–Crippen MR) is 146 cm³/mol. The average molecular weight is 504 g/mol. The summed E-state index contributed by atoms with van der Waals surface area (Å²) in [6.45, 7) is 12.1. The number of hydrogen-bond acceptors (Lipinski definition) is 7. The van der Waals surface area contributed by atoms with Gasteiger partial charge in [0, 0.05) is 36.9 Å². The summed E-state index contributed by atoms with van der Waals surface area (Å²) in [4.78, 5) is 28.8. The van der Waals surface area contributed by atoms with Gasteiger partial charge in [0.1, 0.15) is 5.82 Å². The van der Waals surface area contributed by atoms with E-state index in [1.165, 1.54) is 0 Å². The number of anilines is 1. The van der Waals surface area contributed by atoms with Crippen molar-refractivity contribution in [1.82, 2.24) is 29.8 Å². The Morgan fingerprint density at radius 1 is 1.22 bits per heavy atom. The highest BCUT2D eigenvalue weighted by Crippen LogP contribution is 2.31. The topological polar surface area (TPSA) is 78.7 Å². The molecule has 36 heavy (non-hydrogen) atoms. The Morgan fingerprint density at radius 3 is 2.72 bits per heavy atom. The molecule has 0 saturated carbocycles. The molecule has 0 spiro atoms. The second-order valence-corrected chi connectivity index (χ2v) is 10.3. The molecule has 1 aliphatic rings. The Balaban J connectivity index is 1.50. The Kier molecular flexibility index (Phi) is 7.02. The number of likely N-dealkylation sites (N-methyl/N-ethyl adjacent to an activating group) is 1. The van der Waals surface area contributed by atoms with Crippen LogP contribution in [0.3, 0.4) is 0 Å². The van der Waals surface area contributed by atoms with Gasteiger partial charge in [0.15, 0.2) is 5.65 Å². The van der Waals surface area contributed by atoms with E-state index < -0.39 is 0 Å². The number of nitrogens with one attached hydrogen (secondary N) is 1. The molecule has 9 heteroatoms. The van der Waals surface area contributed by atoms with Crippen LogP contribution in [-0.2, 0) is 0 Å². The highest BCUT2D eigenvalue weighted by molar-refractivity contribution is 7.13. The number of rotatable bonds is 9. The highest BCUT2D eigenvalue weighted by Gasteiger charge is 2.27. The Morgan fingerprint density at radius 2 is 2.06 bits per heavy atom. The Labute approximate surface area is 216 Å². The fourth-order valence-electron chi connectivity index (χ4n) is 4.72. The van der Waals surface area contributed by atoms with Crippen LogP contribution >= 0.6 is 11.3 Å². The van der Waals surface area contributed by atoms with Gasteiger partial charge in [-0.15, -0.1) is 11.3 Å². The monoisotopic (exact) mass is 503 g/mol. The van der Waals surface area contributed by atoms with E-state index in [0.29, 0.717) is 23.8 Å². The highest BCUT2D eigenvalue weighted by atomic mass is 32.1. The summed E-state index contributed by atoms with van der Waals surface area (Å²) in [6, 6.07) is 10.5. The lowest BCUT2D eigenvalue weighted by Gasteiger charge is -2.40. The third-order valence-corrected chi connectivity index (χ3v) is 7.99. The normalized spacial score (nSPS) is 16.4. The maximum atomic E-state index is 13.3. The van der Waals surface area contributed by atoms with Gasteiger partial charge >= 0.3 is 0 Å². The smallest absolute Gasteiger partial charge is 0.251 e. The third-order valence-electron chi connectivity index (χ3n) is 7.10. The number of nitrogens with zero attached hydrogens (tertiary/aromatic N) is 6. The molecule has 188 valence electrons. The second kappa shape index (κ2) is 10.4. The van der Waals surface area contributed by atoms with Crippen molar-refractivity contribution in [3.8, 4) is 21.8 Å². The fraction of sp³-hybridized carbons (Fsp3) is 0.407. The summed E-state index contributed by atoms with van der Waals surface area (Å²) in [7, 11) is 0. The van der Waals surface area contributed by atoms with Crippen LogP contribution in [-0.4, -0.2) is 68.7 Å². The summed E-state index contributed by atoms with van der Waals surface area (Å²) < 4.78 is 1.76. The molecule has 4 aromatic heterocycles. The predicted octanol–water partition coefficient (Wildman–Crippen LogP) is 4.58. The van der Waals surface area contributed by atoms with E-state index in [9.17, 15) is 4.79 Å². The summed E-state index contributed by atoms with van der Waals surface area (Å²) in [5.41, 5.74) is 3.75. The molecule has 1 amide bonds. The van der Waals surface area contributed by atoms with E-state index in [0.717, 1.165) is 53.7 Å². The summed E-state index contributed by atoms with van der Waals surface area (Å²) in [5.74, 6) is 0.734. The van der Waals surface area contributed by atoms with Crippen molar-refractivity contribution in [2.45, 2.75) is 46.2 Å². The van der Waals surface area contributed by atoms with E-state index >= 15 is 0 Å². The second-order valence-electron chi connectivity index (χ2n) is 9.33. The van der Waals surface area contributed by atoms with Crippen molar-refractivity contribution in [1.29, 1.82) is 0 Å². The van der Waals surface area contributed by atoms with Crippen LogP contribution in [0.5, 0.6) is 0 Å². The SMILES string of the molecule is CCN(CC)C(C)CNC(=O)c1cc(-c2cnn3ccc(-c4cccs4)nc23)nc(N2CCC2C)c1. The molecule has 0 radical (unpaired) electrons. The van der Waals surface area contributed by atoms with Gasteiger partial charge in [-0.2, -0.15) is 5.10 Å². The van der Waals surface area contributed by atoms with E-state index in [1.54, 1.807) is 22.0 Å². The lowest BCUT2D eigenvalue weighted by atomic mass is 10.0. The maximum Gasteiger partial charge on any atom is 0.251 e. The molecule has 1 saturated heterocycles. The summed E-state index contributed by atoms with van der Waals surface area (Å²) in [5, 5.41) is 9.69. The van der Waals surface area contributed by atoms with Crippen LogP contribution in [0.1, 0.15) is 44.5 Å². The first kappa shape index (κ1) is 24.4. The van der Waals surface area contributed by atoms with E-state index in [2.05, 4.69) is 54.0 Å². The third kappa shape index (κ3) is 4.73. The van der Waals surface area contributed by atoms with Crippen LogP contribution in [0.2, 0.25) is 0 Å². The first-order chi connectivity index (χ1) is 17.5. The minimum Gasteiger partial charge on any atom is -0.354 e. The standard InChI is InChI=1S/C27H33N7OS/c1-5-32(6-2)19(4)16-28-27(35)20-14-23(30-25(15-20)33-11-9-18(33)3)21-17-29-34-12-10-22(31-26(21)34)24-8-7-13-36-24/h7-8,10,12-15,17-19H,5-6,9,11,16H2,1-4H3,(H,28,35). The first-order valence-corrected chi connectivity index (χ1v) is 13.6. The molecule has 0 aliphatic carbocycles. The maximum absolute atomic E-state index is 13.3. The molecule has 1 N–H and O–H groups in total. The van der Waals surface area contributed by atoms with Gasteiger partial charge < -0.3 is 10.2 Å². The lowest BCUT2D eigenvalue weighted by Crippen LogP contribution is -2.46. The number of carbonyl (C=O) groups excluding carboxylic acids is 1. The number of pyridine rings is 1. The van der Waals surface area contributed by atoms with Crippen molar-refractivity contribution < 1.29 is 4.79 Å². The molecular weight excluding hydrogens is 470 g/mol. The zero-order chi connectivity index (χ0) is 25.2. The van der Waals surface area contributed by atoms with Gasteiger partial charge in [-0.1, -0.05) is 19.9 Å². The number of carbonyl (C=O) groups is 1. The van der Waals surface area contributed by atoms with E-state index in [-0.39, 0.29) is 11.9 Å². The molecular formula is C27H33N7OS. The van der Waals surface area contributed by atoms with E-state index in [1.807, 2.05) is 35.8 Å². The largest absolute Gasteiger partial charge is 0.354 e. The van der Waals surface area contributed by atoms with Crippen LogP contribution in [0.15, 0.2) is 48.1 Å². The van der Waals surface area contributed by atoms with Gasteiger partial charge in [0.2, 0.25) is 0 Å². The van der Waals surface area contributed by atoms with Crippen molar-refractivity contribution in [3.05, 3.63) is 53.7 Å². The molecule has 0 bridgehead atoms. The first-order valence-electron chi connectivity index (χ1n) is 12.7. The van der Waals surface area contributed by atoms with Crippen LogP contribution in [0.4, 0.5) is 5.82 Å². The summed E-state index contributed by atoms with van der Waals surface area (Å²) in [6.07, 6.45) is 4.83. The number of aromatic nitrogens is 4. The molecule has 2 atom stereocenters. The number of fused-ring (bicyclic) bond motifs is 1. The van der Waals surface area contributed by atoms with E-state index in [4.69, 9.17) is 9.97 Å². The molecule has 1 fully saturated rings. The van der Waals surface area contributed by atoms with Crippen LogP contribution < -0.4 is 10.2 Å². The Hall–Kier alpha value is -3.30. The average Bonchev–Trinajstić information content (AvgIpc) is 3.57. The van der Waals surface area contributed by atoms with Gasteiger partial charge in [-0.05, 0) is 63.0 Å². The number of hydrogen-bond donors (Lipinski definition) is 1. The molecule has 5 heterocycles. The van der Waals surface area contributed by atoms with Gasteiger partial charge in [0.25, 0.3) is 5.91 Å². The lowest BCUT2D eigenvalue weighted by molar-refractivity contribution is 0.0938. The molecule has 1 aliphatic heterocycles. The van der Waals surface area contributed by atoms with Crippen LogP contribution in [0, 0.1) is 0 Å². The van der Waals surface area contributed by atoms with Crippen molar-refractivity contribution in [2.24, 2.45) is 0 Å². The number of amides is 1. The van der Waals surface area contributed by atoms with Gasteiger partial charge in [-0.3, -0.25) is 9.69 Å².